The van der Waals surface area contributed by atoms with Gasteiger partial charge in [0.05, 0.1) is 15.0 Å². The number of hydrogen-bond donors (Lipinski definition) is 1. The number of hydrogen-bond acceptors (Lipinski definition) is 8. The zero-order chi connectivity index (χ0) is 26.7. The largest absolute Gasteiger partial charge is 0.325 e. The highest BCUT2D eigenvalue weighted by molar-refractivity contribution is 8.00. The number of aryl methyl sites for hydroxylation is 1. The van der Waals surface area contributed by atoms with Gasteiger partial charge in [-0.1, -0.05) is 29.5 Å². The summed E-state index contributed by atoms with van der Waals surface area (Å²) < 4.78 is 52.9. The van der Waals surface area contributed by atoms with Gasteiger partial charge in [-0.05, 0) is 57.2 Å². The Labute approximate surface area is 216 Å². The summed E-state index contributed by atoms with van der Waals surface area (Å²) >= 11 is 1.16. The molecule has 1 amide bonds. The van der Waals surface area contributed by atoms with Crippen molar-refractivity contribution in [1.29, 1.82) is 0 Å². The second-order valence-corrected chi connectivity index (χ2v) is 13.7. The van der Waals surface area contributed by atoms with Crippen molar-refractivity contribution in [2.45, 2.75) is 53.3 Å². The minimum atomic E-state index is -3.61. The van der Waals surface area contributed by atoms with E-state index < -0.39 is 25.1 Å². The second kappa shape index (κ2) is 11.1. The van der Waals surface area contributed by atoms with Gasteiger partial charge in [0, 0.05) is 26.3 Å². The lowest BCUT2D eigenvalue weighted by Crippen LogP contribution is -2.24. The fraction of sp³-hybridized carbons (Fsp3) is 0.348. The third-order valence-electron chi connectivity index (χ3n) is 5.36. The van der Waals surface area contributed by atoms with Crippen molar-refractivity contribution in [2.24, 2.45) is 0 Å². The molecule has 1 unspecified atom stereocenters. The fourth-order valence-corrected chi connectivity index (χ4v) is 6.31. The molecule has 1 N–H and O–H groups in total. The number of sulfonamides is 1. The zero-order valence-corrected chi connectivity index (χ0v) is 23.1. The average molecular weight is 552 g/mol. The van der Waals surface area contributed by atoms with Gasteiger partial charge in [-0.2, -0.15) is 0 Å². The first-order valence-electron chi connectivity index (χ1n) is 11.1. The molecular weight excluding hydrogens is 522 g/mol. The smallest absolute Gasteiger partial charge is 0.242 e. The van der Waals surface area contributed by atoms with Gasteiger partial charge in [-0.25, -0.2) is 21.1 Å². The van der Waals surface area contributed by atoms with E-state index in [0.717, 1.165) is 21.6 Å². The number of amides is 1. The van der Waals surface area contributed by atoms with Crippen molar-refractivity contribution in [3.63, 3.8) is 0 Å². The van der Waals surface area contributed by atoms with E-state index in [2.05, 4.69) is 15.5 Å². The number of aromatic nitrogens is 3. The molecule has 0 aliphatic heterocycles. The first kappa shape index (κ1) is 27.8. The minimum Gasteiger partial charge on any atom is -0.325 e. The average Bonchev–Trinajstić information content (AvgIpc) is 3.19. The molecule has 0 spiro atoms. The Morgan fingerprint density at radius 2 is 1.58 bits per heavy atom. The topological polar surface area (TPSA) is 131 Å². The van der Waals surface area contributed by atoms with Crippen molar-refractivity contribution >= 4 is 43.2 Å². The second-order valence-electron chi connectivity index (χ2n) is 8.28. The van der Waals surface area contributed by atoms with Crippen LogP contribution in [0, 0.1) is 6.92 Å². The van der Waals surface area contributed by atoms with E-state index in [1.54, 1.807) is 35.8 Å². The van der Waals surface area contributed by atoms with E-state index >= 15 is 0 Å². The summed E-state index contributed by atoms with van der Waals surface area (Å²) in [6.45, 7) is 5.87. The van der Waals surface area contributed by atoms with E-state index in [4.69, 9.17) is 0 Å². The van der Waals surface area contributed by atoms with E-state index in [-0.39, 0.29) is 21.5 Å². The molecule has 1 atom stereocenters. The molecule has 0 aliphatic rings. The third-order valence-corrected chi connectivity index (χ3v) is 9.90. The van der Waals surface area contributed by atoms with Gasteiger partial charge >= 0.3 is 0 Å². The Kier molecular flexibility index (Phi) is 8.59. The molecule has 10 nitrogen and oxygen atoms in total. The summed E-state index contributed by atoms with van der Waals surface area (Å²) in [7, 11) is -4.28. The number of rotatable bonds is 10. The van der Waals surface area contributed by atoms with Crippen LogP contribution in [0.2, 0.25) is 0 Å². The molecule has 3 rings (SSSR count). The Balaban J connectivity index is 1.70. The number of nitrogens with zero attached hydrogens (tertiary/aromatic N) is 4. The Morgan fingerprint density at radius 3 is 2.14 bits per heavy atom. The van der Waals surface area contributed by atoms with Crippen LogP contribution in [0.3, 0.4) is 0 Å². The number of nitrogens with one attached hydrogen (secondary N) is 1. The van der Waals surface area contributed by atoms with Crippen LogP contribution >= 0.6 is 11.8 Å². The van der Waals surface area contributed by atoms with Crippen LogP contribution in [0.25, 0.3) is 0 Å². The van der Waals surface area contributed by atoms with E-state index in [1.165, 1.54) is 38.4 Å². The van der Waals surface area contributed by atoms with E-state index in [9.17, 15) is 21.6 Å². The van der Waals surface area contributed by atoms with Gasteiger partial charge in [-0.15, -0.1) is 10.2 Å². The standard InChI is InChI=1S/C23H29N5O5S3/c1-6-28-21(15-35(30,31)19-11-7-16(2)8-12-19)25-26-23(28)34-17(3)22(29)24-18-9-13-20(14-10-18)36(32,33)27(4)5/h7-14,17H,6,15H2,1-5H3,(H,24,29). The Morgan fingerprint density at radius 1 is 1.00 bits per heavy atom. The fourth-order valence-electron chi connectivity index (χ4n) is 3.21. The summed E-state index contributed by atoms with van der Waals surface area (Å²) in [5, 5.41) is 10.8. The van der Waals surface area contributed by atoms with Gasteiger partial charge in [0.15, 0.2) is 15.0 Å². The molecule has 0 saturated heterocycles. The van der Waals surface area contributed by atoms with Gasteiger partial charge in [0.2, 0.25) is 15.9 Å². The molecule has 1 aromatic heterocycles. The van der Waals surface area contributed by atoms with Crippen LogP contribution in [0.15, 0.2) is 63.5 Å². The normalized spacial score (nSPS) is 13.1. The highest BCUT2D eigenvalue weighted by Crippen LogP contribution is 2.26. The van der Waals surface area contributed by atoms with Crippen molar-refractivity contribution in [1.82, 2.24) is 19.1 Å². The predicted molar refractivity (Wildman–Crippen MR) is 139 cm³/mol. The number of carbonyl (C=O) groups excluding carboxylic acids is 1. The lowest BCUT2D eigenvalue weighted by atomic mass is 10.2. The van der Waals surface area contributed by atoms with E-state index in [1.807, 2.05) is 13.8 Å². The van der Waals surface area contributed by atoms with Crippen LogP contribution in [-0.2, 0) is 37.0 Å². The molecule has 13 heteroatoms. The van der Waals surface area contributed by atoms with Crippen LogP contribution in [0.5, 0.6) is 0 Å². The Bertz CT molecular complexity index is 1430. The first-order chi connectivity index (χ1) is 16.8. The third kappa shape index (κ3) is 6.33. The number of anilines is 1. The maximum atomic E-state index is 12.9. The predicted octanol–water partition coefficient (Wildman–Crippen LogP) is 2.95. The van der Waals surface area contributed by atoms with Crippen molar-refractivity contribution in [3.05, 3.63) is 59.9 Å². The van der Waals surface area contributed by atoms with Gasteiger partial charge in [0.1, 0.15) is 11.6 Å². The summed E-state index contributed by atoms with van der Waals surface area (Å²) in [5.41, 5.74) is 1.41. The molecule has 0 saturated carbocycles. The molecule has 0 fully saturated rings. The summed E-state index contributed by atoms with van der Waals surface area (Å²) in [5.74, 6) is -0.325. The van der Waals surface area contributed by atoms with Crippen LogP contribution in [0.4, 0.5) is 5.69 Å². The van der Waals surface area contributed by atoms with Crippen molar-refractivity contribution in [2.75, 3.05) is 19.4 Å². The number of sulfone groups is 1. The lowest BCUT2D eigenvalue weighted by Gasteiger charge is -2.14. The summed E-state index contributed by atoms with van der Waals surface area (Å²) in [6, 6.07) is 12.5. The van der Waals surface area contributed by atoms with Crippen molar-refractivity contribution < 1.29 is 21.6 Å². The minimum absolute atomic E-state index is 0.122. The molecule has 3 aromatic rings. The highest BCUT2D eigenvalue weighted by atomic mass is 32.2. The molecule has 0 radical (unpaired) electrons. The molecule has 0 bridgehead atoms. The number of carbonyl (C=O) groups is 1. The molecule has 2 aromatic carbocycles. The molecule has 0 aliphatic carbocycles. The zero-order valence-electron chi connectivity index (χ0n) is 20.7. The van der Waals surface area contributed by atoms with Gasteiger partial charge in [0.25, 0.3) is 0 Å². The lowest BCUT2D eigenvalue weighted by molar-refractivity contribution is -0.115. The van der Waals surface area contributed by atoms with Crippen molar-refractivity contribution in [3.8, 4) is 0 Å². The quantitative estimate of drug-likeness (QED) is 0.381. The van der Waals surface area contributed by atoms with Crippen LogP contribution in [0.1, 0.15) is 25.2 Å². The summed E-state index contributed by atoms with van der Waals surface area (Å²) in [6.07, 6.45) is 0. The maximum absolute atomic E-state index is 12.9. The molecular formula is C23H29N5O5S3. The maximum Gasteiger partial charge on any atom is 0.242 e. The monoisotopic (exact) mass is 551 g/mol. The molecule has 1 heterocycles. The molecule has 194 valence electrons. The first-order valence-corrected chi connectivity index (χ1v) is 15.0. The van der Waals surface area contributed by atoms with Crippen LogP contribution in [-0.4, -0.2) is 61.2 Å². The molecule has 36 heavy (non-hydrogen) atoms. The highest BCUT2D eigenvalue weighted by Gasteiger charge is 2.24. The number of benzene rings is 2. The van der Waals surface area contributed by atoms with Gasteiger partial charge < -0.3 is 9.88 Å². The van der Waals surface area contributed by atoms with Gasteiger partial charge in [-0.3, -0.25) is 4.79 Å². The van der Waals surface area contributed by atoms with E-state index in [0.29, 0.717) is 23.2 Å². The summed E-state index contributed by atoms with van der Waals surface area (Å²) in [4.78, 5) is 13.1. The Hall–Kier alpha value is -2.74. The number of thioether (sulfide) groups is 1. The van der Waals surface area contributed by atoms with Crippen LogP contribution < -0.4 is 5.32 Å². The SMILES string of the molecule is CCn1c(CS(=O)(=O)c2ccc(C)cc2)nnc1SC(C)C(=O)Nc1ccc(S(=O)(=O)N(C)C)cc1.